The topological polar surface area (TPSA) is 51.3 Å². The Bertz CT molecular complexity index is 711. The first-order chi connectivity index (χ1) is 12.1. The van der Waals surface area contributed by atoms with Crippen LogP contribution in [-0.4, -0.2) is 33.6 Å². The Balaban J connectivity index is 1.88. The normalized spacial score (nSPS) is 18.6. The smallest absolute Gasteiger partial charge is 0.272 e. The van der Waals surface area contributed by atoms with Gasteiger partial charge in [0.15, 0.2) is 0 Å². The summed E-state index contributed by atoms with van der Waals surface area (Å²) in [6.07, 6.45) is 3.39. The summed E-state index contributed by atoms with van der Waals surface area (Å²) in [6, 6.07) is 5.20. The van der Waals surface area contributed by atoms with Crippen LogP contribution in [0.5, 0.6) is 0 Å². The monoisotopic (exact) mass is 351 g/mol. The standard InChI is InChI=1S/C18H23F2N3O2/c1-2-13-7-8-16(25-13)14-6-4-3-5-11-22(14)18(24)15-9-10-21-23(15)12-17(19)20/h7-10,14,17H,2-6,11-12H2,1H3. The third-order valence-electron chi connectivity index (χ3n) is 4.62. The number of amides is 1. The number of halogens is 2. The SMILES string of the molecule is CCc1ccc(C2CCCCCN2C(=O)c2ccnn2CC(F)F)o1. The third-order valence-corrected chi connectivity index (χ3v) is 4.62. The van der Waals surface area contributed by atoms with Crippen molar-refractivity contribution >= 4 is 5.91 Å². The fraction of sp³-hybridized carbons (Fsp3) is 0.556. The van der Waals surface area contributed by atoms with Gasteiger partial charge in [-0.15, -0.1) is 0 Å². The van der Waals surface area contributed by atoms with Crippen molar-refractivity contribution in [3.63, 3.8) is 0 Å². The van der Waals surface area contributed by atoms with Crippen LogP contribution in [0.1, 0.15) is 60.7 Å². The Hall–Kier alpha value is -2.18. The van der Waals surface area contributed by atoms with E-state index in [1.165, 1.54) is 12.3 Å². The average Bonchev–Trinajstić information content (AvgIpc) is 3.17. The number of aromatic nitrogens is 2. The molecule has 0 spiro atoms. The van der Waals surface area contributed by atoms with E-state index in [0.717, 1.165) is 48.3 Å². The Morgan fingerprint density at radius 2 is 2.16 bits per heavy atom. The molecule has 0 N–H and O–H groups in total. The second-order valence-electron chi connectivity index (χ2n) is 6.31. The molecular formula is C18H23F2N3O2. The van der Waals surface area contributed by atoms with Gasteiger partial charge in [-0.3, -0.25) is 9.48 Å². The molecule has 1 unspecified atom stereocenters. The van der Waals surface area contributed by atoms with Crippen LogP contribution in [0.15, 0.2) is 28.8 Å². The summed E-state index contributed by atoms with van der Waals surface area (Å²) in [4.78, 5) is 14.8. The fourth-order valence-corrected chi connectivity index (χ4v) is 3.35. The molecule has 7 heteroatoms. The predicted molar refractivity (Wildman–Crippen MR) is 88.6 cm³/mol. The van der Waals surface area contributed by atoms with E-state index in [4.69, 9.17) is 4.42 Å². The molecule has 1 aliphatic rings. The average molecular weight is 351 g/mol. The van der Waals surface area contributed by atoms with E-state index in [1.807, 2.05) is 19.1 Å². The van der Waals surface area contributed by atoms with Crippen molar-refractivity contribution in [2.75, 3.05) is 6.54 Å². The van der Waals surface area contributed by atoms with E-state index in [0.29, 0.717) is 6.54 Å². The highest BCUT2D eigenvalue weighted by atomic mass is 19.3. The molecule has 0 bridgehead atoms. The predicted octanol–water partition coefficient (Wildman–Crippen LogP) is 4.06. The van der Waals surface area contributed by atoms with Crippen LogP contribution < -0.4 is 0 Å². The summed E-state index contributed by atoms with van der Waals surface area (Å²) in [6.45, 7) is 2.03. The Morgan fingerprint density at radius 3 is 2.88 bits per heavy atom. The molecule has 25 heavy (non-hydrogen) atoms. The van der Waals surface area contributed by atoms with Crippen LogP contribution in [0, 0.1) is 0 Å². The zero-order valence-corrected chi connectivity index (χ0v) is 14.3. The van der Waals surface area contributed by atoms with Crippen molar-refractivity contribution in [2.45, 2.75) is 58.0 Å². The van der Waals surface area contributed by atoms with Gasteiger partial charge in [-0.2, -0.15) is 5.10 Å². The van der Waals surface area contributed by atoms with E-state index in [1.54, 1.807) is 4.90 Å². The highest BCUT2D eigenvalue weighted by molar-refractivity contribution is 5.92. The van der Waals surface area contributed by atoms with Gasteiger partial charge in [-0.25, -0.2) is 8.78 Å². The zero-order valence-electron chi connectivity index (χ0n) is 14.3. The van der Waals surface area contributed by atoms with Gasteiger partial charge < -0.3 is 9.32 Å². The lowest BCUT2D eigenvalue weighted by Gasteiger charge is -2.28. The van der Waals surface area contributed by atoms with E-state index in [2.05, 4.69) is 5.10 Å². The molecule has 1 fully saturated rings. The number of likely N-dealkylation sites (tertiary alicyclic amines) is 1. The van der Waals surface area contributed by atoms with Crippen LogP contribution in [-0.2, 0) is 13.0 Å². The molecule has 5 nitrogen and oxygen atoms in total. The van der Waals surface area contributed by atoms with E-state index >= 15 is 0 Å². The van der Waals surface area contributed by atoms with E-state index in [9.17, 15) is 13.6 Å². The number of furan rings is 1. The van der Waals surface area contributed by atoms with Gasteiger partial charge in [0.1, 0.15) is 23.8 Å². The molecule has 0 aromatic carbocycles. The molecule has 1 saturated heterocycles. The van der Waals surface area contributed by atoms with Gasteiger partial charge in [0, 0.05) is 19.2 Å². The number of carbonyl (C=O) groups is 1. The maximum Gasteiger partial charge on any atom is 0.272 e. The first kappa shape index (κ1) is 17.6. The first-order valence-electron chi connectivity index (χ1n) is 8.79. The minimum atomic E-state index is -2.55. The van der Waals surface area contributed by atoms with Crippen molar-refractivity contribution in [1.82, 2.24) is 14.7 Å². The molecule has 1 amide bonds. The number of aryl methyl sites for hydroxylation is 1. The van der Waals surface area contributed by atoms with E-state index < -0.39 is 13.0 Å². The molecule has 3 rings (SSSR count). The minimum Gasteiger partial charge on any atom is -0.464 e. The number of rotatable bonds is 5. The zero-order chi connectivity index (χ0) is 17.8. The molecule has 2 aromatic rings. The molecule has 136 valence electrons. The molecule has 0 saturated carbocycles. The molecule has 1 atom stereocenters. The van der Waals surface area contributed by atoms with Gasteiger partial charge in [-0.05, 0) is 31.0 Å². The van der Waals surface area contributed by atoms with Crippen molar-refractivity contribution in [2.24, 2.45) is 0 Å². The van der Waals surface area contributed by atoms with Crippen molar-refractivity contribution in [3.05, 3.63) is 41.6 Å². The Labute approximate surface area is 145 Å². The van der Waals surface area contributed by atoms with Gasteiger partial charge in [0.25, 0.3) is 12.3 Å². The summed E-state index contributed by atoms with van der Waals surface area (Å²) in [5, 5.41) is 3.88. The van der Waals surface area contributed by atoms with Gasteiger partial charge in [-0.1, -0.05) is 19.8 Å². The summed E-state index contributed by atoms with van der Waals surface area (Å²) in [5.41, 5.74) is 0.203. The molecule has 1 aliphatic heterocycles. The van der Waals surface area contributed by atoms with Crippen LogP contribution in [0.25, 0.3) is 0 Å². The molecule has 3 heterocycles. The largest absolute Gasteiger partial charge is 0.464 e. The van der Waals surface area contributed by atoms with Crippen molar-refractivity contribution in [1.29, 1.82) is 0 Å². The number of hydrogen-bond acceptors (Lipinski definition) is 3. The van der Waals surface area contributed by atoms with Crippen LogP contribution in [0.2, 0.25) is 0 Å². The second-order valence-corrected chi connectivity index (χ2v) is 6.31. The number of hydrogen-bond donors (Lipinski definition) is 0. The molecular weight excluding hydrogens is 328 g/mol. The first-order valence-corrected chi connectivity index (χ1v) is 8.79. The molecule has 0 radical (unpaired) electrons. The Morgan fingerprint density at radius 1 is 1.32 bits per heavy atom. The molecule has 2 aromatic heterocycles. The molecule has 0 aliphatic carbocycles. The summed E-state index contributed by atoms with van der Waals surface area (Å²) < 4.78 is 32.4. The van der Waals surface area contributed by atoms with Gasteiger partial charge in [0.05, 0.1) is 6.04 Å². The minimum absolute atomic E-state index is 0.162. The van der Waals surface area contributed by atoms with Crippen LogP contribution in [0.4, 0.5) is 8.78 Å². The fourth-order valence-electron chi connectivity index (χ4n) is 3.35. The van der Waals surface area contributed by atoms with Crippen molar-refractivity contribution in [3.8, 4) is 0 Å². The lowest BCUT2D eigenvalue weighted by Crippen LogP contribution is -2.36. The number of alkyl halides is 2. The lowest BCUT2D eigenvalue weighted by molar-refractivity contribution is 0.0633. The number of carbonyl (C=O) groups excluding carboxylic acids is 1. The van der Waals surface area contributed by atoms with E-state index in [-0.39, 0.29) is 17.6 Å². The maximum absolute atomic E-state index is 13.1. The van der Waals surface area contributed by atoms with Crippen LogP contribution in [0.3, 0.4) is 0 Å². The van der Waals surface area contributed by atoms with Gasteiger partial charge >= 0.3 is 0 Å². The van der Waals surface area contributed by atoms with Crippen molar-refractivity contribution < 1.29 is 18.0 Å². The summed E-state index contributed by atoms with van der Waals surface area (Å²) >= 11 is 0. The maximum atomic E-state index is 13.1. The second kappa shape index (κ2) is 7.80. The highest BCUT2D eigenvalue weighted by Gasteiger charge is 2.31. The summed E-state index contributed by atoms with van der Waals surface area (Å²) in [5.74, 6) is 1.39. The lowest BCUT2D eigenvalue weighted by atomic mass is 10.1. The highest BCUT2D eigenvalue weighted by Crippen LogP contribution is 2.32. The summed E-state index contributed by atoms with van der Waals surface area (Å²) in [7, 11) is 0. The van der Waals surface area contributed by atoms with Crippen LogP contribution >= 0.6 is 0 Å². The Kier molecular flexibility index (Phi) is 5.50. The number of nitrogens with zero attached hydrogens (tertiary/aromatic N) is 3. The van der Waals surface area contributed by atoms with Gasteiger partial charge in [0.2, 0.25) is 0 Å². The quantitative estimate of drug-likeness (QED) is 0.816. The third kappa shape index (κ3) is 3.91.